The second-order valence-electron chi connectivity index (χ2n) is 5.70. The van der Waals surface area contributed by atoms with E-state index in [-0.39, 0.29) is 25.7 Å². The summed E-state index contributed by atoms with van der Waals surface area (Å²) in [5.74, 6) is -0.580. The van der Waals surface area contributed by atoms with Crippen molar-refractivity contribution in [1.82, 2.24) is 10.4 Å². The average molecular weight is 370 g/mol. The van der Waals surface area contributed by atoms with Crippen LogP contribution in [0, 0.1) is 0 Å². The smallest absolute Gasteiger partial charge is 0.356 e. The first-order valence-electron chi connectivity index (χ1n) is 8.36. The van der Waals surface area contributed by atoms with Crippen molar-refractivity contribution in [3.05, 3.63) is 35.9 Å². The highest BCUT2D eigenvalue weighted by atomic mass is 31.2. The molecule has 1 aromatic carbocycles. The summed E-state index contributed by atoms with van der Waals surface area (Å²) in [6.45, 7) is 7.07. The van der Waals surface area contributed by atoms with Crippen molar-refractivity contribution in [1.29, 1.82) is 0 Å². The lowest BCUT2D eigenvalue weighted by Gasteiger charge is -2.24. The second-order valence-corrected chi connectivity index (χ2v) is 7.72. The zero-order valence-electron chi connectivity index (χ0n) is 15.2. The van der Waals surface area contributed by atoms with Crippen LogP contribution in [0.15, 0.2) is 30.3 Å². The summed E-state index contributed by atoms with van der Waals surface area (Å²) in [5.41, 5.74) is 0.0899. The van der Waals surface area contributed by atoms with Crippen molar-refractivity contribution in [2.75, 3.05) is 13.2 Å². The Kier molecular flexibility index (Phi) is 8.83. The van der Waals surface area contributed by atoms with Crippen LogP contribution in [0.3, 0.4) is 0 Å². The van der Waals surface area contributed by atoms with E-state index in [0.717, 1.165) is 5.56 Å². The standard InChI is InChI=1S/C17H27N2O5P/c1-5-23-16(20)15(12-14-10-8-7-9-11-14)19-25(22,24-6-2)17(21)18-13(3)4/h7-11,13,15H,5-6,12H2,1-4H3,(H,18,21)(H,19,22)/t15-,25+/m1/s1. The lowest BCUT2D eigenvalue weighted by Crippen LogP contribution is -2.42. The highest BCUT2D eigenvalue weighted by molar-refractivity contribution is 7.74. The maximum Gasteiger partial charge on any atom is 0.356 e. The number of nitrogens with one attached hydrogen (secondary N) is 2. The molecule has 0 fully saturated rings. The fourth-order valence-corrected chi connectivity index (χ4v) is 3.86. The van der Waals surface area contributed by atoms with Crippen molar-refractivity contribution in [2.45, 2.75) is 46.2 Å². The summed E-state index contributed by atoms with van der Waals surface area (Å²) < 4.78 is 23.3. The molecule has 0 spiro atoms. The number of hydrogen-bond acceptors (Lipinski definition) is 5. The molecule has 0 radical (unpaired) electrons. The number of amides is 1. The highest BCUT2D eigenvalue weighted by Gasteiger charge is 2.38. The van der Waals surface area contributed by atoms with Crippen molar-refractivity contribution < 1.29 is 23.4 Å². The van der Waals surface area contributed by atoms with Gasteiger partial charge in [-0.15, -0.1) is 0 Å². The molecule has 0 saturated heterocycles. The molecular formula is C17H27N2O5P. The van der Waals surface area contributed by atoms with Crippen LogP contribution >= 0.6 is 7.52 Å². The summed E-state index contributed by atoms with van der Waals surface area (Å²) in [6, 6.07) is 8.05. The minimum Gasteiger partial charge on any atom is -0.465 e. The molecule has 7 nitrogen and oxygen atoms in total. The highest BCUT2D eigenvalue weighted by Crippen LogP contribution is 2.44. The number of ether oxygens (including phenoxy) is 1. The van der Waals surface area contributed by atoms with Gasteiger partial charge in [0.1, 0.15) is 6.04 Å². The molecule has 0 unspecified atom stereocenters. The number of hydrogen-bond donors (Lipinski definition) is 2. The van der Waals surface area contributed by atoms with Gasteiger partial charge in [-0.1, -0.05) is 30.3 Å². The normalized spacial score (nSPS) is 14.6. The van der Waals surface area contributed by atoms with Gasteiger partial charge in [0.25, 0.3) is 0 Å². The van der Waals surface area contributed by atoms with Crippen LogP contribution < -0.4 is 10.4 Å². The molecule has 2 N–H and O–H groups in total. The Morgan fingerprint density at radius 1 is 1.12 bits per heavy atom. The molecule has 0 saturated carbocycles. The molecule has 8 heteroatoms. The van der Waals surface area contributed by atoms with E-state index in [9.17, 15) is 14.2 Å². The number of esters is 1. The minimum atomic E-state index is -3.94. The molecule has 1 amide bonds. The fraction of sp³-hybridized carbons (Fsp3) is 0.529. The number of rotatable bonds is 10. The van der Waals surface area contributed by atoms with Gasteiger partial charge in [-0.05, 0) is 39.7 Å². The van der Waals surface area contributed by atoms with Gasteiger partial charge in [0.2, 0.25) is 0 Å². The molecule has 0 aliphatic heterocycles. The predicted octanol–water partition coefficient (Wildman–Crippen LogP) is 3.10. The van der Waals surface area contributed by atoms with Crippen molar-refractivity contribution >= 4 is 19.1 Å². The van der Waals surface area contributed by atoms with E-state index in [1.165, 1.54) is 0 Å². The summed E-state index contributed by atoms with van der Waals surface area (Å²) in [5, 5.41) is 5.18. The van der Waals surface area contributed by atoms with Gasteiger partial charge in [-0.3, -0.25) is 14.2 Å². The maximum atomic E-state index is 13.0. The zero-order chi connectivity index (χ0) is 18.9. The Morgan fingerprint density at radius 2 is 1.76 bits per heavy atom. The zero-order valence-corrected chi connectivity index (χ0v) is 16.0. The van der Waals surface area contributed by atoms with Gasteiger partial charge in [-0.2, -0.15) is 0 Å². The Bertz CT molecular complexity index is 606. The molecule has 0 aliphatic rings. The van der Waals surface area contributed by atoms with Crippen LogP contribution in [-0.2, 0) is 25.0 Å². The molecule has 2 atom stereocenters. The van der Waals surface area contributed by atoms with Gasteiger partial charge >= 0.3 is 19.1 Å². The van der Waals surface area contributed by atoms with E-state index in [1.807, 2.05) is 30.3 Å². The van der Waals surface area contributed by atoms with Crippen molar-refractivity contribution in [2.24, 2.45) is 0 Å². The largest absolute Gasteiger partial charge is 0.465 e. The molecule has 0 aromatic heterocycles. The monoisotopic (exact) mass is 370 g/mol. The van der Waals surface area contributed by atoms with E-state index in [2.05, 4.69) is 10.4 Å². The third-order valence-electron chi connectivity index (χ3n) is 3.17. The van der Waals surface area contributed by atoms with E-state index < -0.39 is 25.2 Å². The first kappa shape index (κ1) is 21.4. The predicted molar refractivity (Wildman–Crippen MR) is 96.6 cm³/mol. The summed E-state index contributed by atoms with van der Waals surface area (Å²) in [4.78, 5) is 24.6. The molecule has 25 heavy (non-hydrogen) atoms. The van der Waals surface area contributed by atoms with Gasteiger partial charge in [0.15, 0.2) is 0 Å². The van der Waals surface area contributed by atoms with Gasteiger partial charge in [0.05, 0.1) is 13.2 Å². The Balaban J connectivity index is 3.03. The van der Waals surface area contributed by atoms with Gasteiger partial charge < -0.3 is 14.6 Å². The molecule has 1 aromatic rings. The van der Waals surface area contributed by atoms with Crippen LogP contribution in [0.2, 0.25) is 0 Å². The Hall–Kier alpha value is -1.69. The average Bonchev–Trinajstić information content (AvgIpc) is 2.55. The van der Waals surface area contributed by atoms with Crippen molar-refractivity contribution in [3.8, 4) is 0 Å². The summed E-state index contributed by atoms with van der Waals surface area (Å²) >= 11 is 0. The quantitative estimate of drug-likeness (QED) is 0.486. The van der Waals surface area contributed by atoms with Crippen LogP contribution in [-0.4, -0.2) is 36.9 Å². The molecule has 0 aliphatic carbocycles. The van der Waals surface area contributed by atoms with E-state index in [4.69, 9.17) is 9.26 Å². The number of carbonyl (C=O) groups is 2. The maximum absolute atomic E-state index is 13.0. The summed E-state index contributed by atoms with van der Waals surface area (Å²) in [6.07, 6.45) is 0.228. The van der Waals surface area contributed by atoms with Crippen molar-refractivity contribution in [3.63, 3.8) is 0 Å². The Morgan fingerprint density at radius 3 is 2.28 bits per heavy atom. The topological polar surface area (TPSA) is 93.7 Å². The second kappa shape index (κ2) is 10.3. The van der Waals surface area contributed by atoms with E-state index >= 15 is 0 Å². The third-order valence-corrected chi connectivity index (χ3v) is 5.11. The van der Waals surface area contributed by atoms with Gasteiger partial charge in [-0.25, -0.2) is 5.09 Å². The van der Waals surface area contributed by atoms with E-state index in [1.54, 1.807) is 27.7 Å². The van der Waals surface area contributed by atoms with Gasteiger partial charge in [0, 0.05) is 6.04 Å². The minimum absolute atomic E-state index is 0.0661. The third kappa shape index (κ3) is 6.98. The number of carbonyl (C=O) groups excluding carboxylic acids is 2. The lowest BCUT2D eigenvalue weighted by molar-refractivity contribution is -0.145. The lowest BCUT2D eigenvalue weighted by atomic mass is 10.1. The molecule has 0 heterocycles. The first-order chi connectivity index (χ1) is 11.8. The molecular weight excluding hydrogens is 343 g/mol. The first-order valence-corrected chi connectivity index (χ1v) is 9.98. The molecule has 140 valence electrons. The molecule has 0 bridgehead atoms. The van der Waals surface area contributed by atoms with Crippen LogP contribution in [0.5, 0.6) is 0 Å². The fourth-order valence-electron chi connectivity index (χ4n) is 2.15. The van der Waals surface area contributed by atoms with Crippen LogP contribution in [0.1, 0.15) is 33.3 Å². The van der Waals surface area contributed by atoms with E-state index in [0.29, 0.717) is 0 Å². The van der Waals surface area contributed by atoms with Crippen LogP contribution in [0.25, 0.3) is 0 Å². The van der Waals surface area contributed by atoms with Crippen LogP contribution in [0.4, 0.5) is 4.79 Å². The molecule has 1 rings (SSSR count). The SMILES string of the molecule is CCOC(=O)[C@@H](Cc1ccccc1)N[P@@](=O)(OCC)C(=O)NC(C)C. The Labute approximate surface area is 149 Å². The number of benzene rings is 1. The summed E-state index contributed by atoms with van der Waals surface area (Å²) in [7, 11) is -3.94.